The Bertz CT molecular complexity index is 1070. The van der Waals surface area contributed by atoms with E-state index < -0.39 is 6.04 Å². The van der Waals surface area contributed by atoms with Crippen molar-refractivity contribution < 1.29 is 9.59 Å². The fourth-order valence-corrected chi connectivity index (χ4v) is 3.99. The van der Waals surface area contributed by atoms with Crippen molar-refractivity contribution >= 4 is 11.8 Å². The van der Waals surface area contributed by atoms with E-state index in [9.17, 15) is 9.59 Å². The van der Waals surface area contributed by atoms with Crippen molar-refractivity contribution in [1.82, 2.24) is 10.2 Å². The molecule has 0 heterocycles. The highest BCUT2D eigenvalue weighted by Crippen LogP contribution is 2.19. The summed E-state index contributed by atoms with van der Waals surface area (Å²) in [5.41, 5.74) is 6.42. The third-order valence-electron chi connectivity index (χ3n) is 5.94. The zero-order valence-electron chi connectivity index (χ0n) is 20.1. The molecule has 3 aromatic rings. The summed E-state index contributed by atoms with van der Waals surface area (Å²) in [6.07, 6.45) is 0.737. The number of hydrogen-bond donors (Lipinski definition) is 1. The van der Waals surface area contributed by atoms with Crippen molar-refractivity contribution in [2.24, 2.45) is 0 Å². The smallest absolute Gasteiger partial charge is 0.243 e. The van der Waals surface area contributed by atoms with Crippen LogP contribution < -0.4 is 5.32 Å². The first kappa shape index (κ1) is 24.2. The molecule has 4 heteroatoms. The molecule has 1 N–H and O–H groups in total. The van der Waals surface area contributed by atoms with Gasteiger partial charge in [0.1, 0.15) is 6.04 Å². The Labute approximate surface area is 197 Å². The van der Waals surface area contributed by atoms with Gasteiger partial charge in [0.15, 0.2) is 0 Å². The molecule has 3 aromatic carbocycles. The van der Waals surface area contributed by atoms with Crippen molar-refractivity contribution in [1.29, 1.82) is 0 Å². The van der Waals surface area contributed by atoms with Crippen LogP contribution in [-0.4, -0.2) is 29.3 Å². The van der Waals surface area contributed by atoms with Gasteiger partial charge in [0, 0.05) is 19.5 Å². The molecule has 0 unspecified atom stereocenters. The van der Waals surface area contributed by atoms with E-state index in [1.165, 1.54) is 0 Å². The lowest BCUT2D eigenvalue weighted by atomic mass is 9.99. The average molecular weight is 443 g/mol. The van der Waals surface area contributed by atoms with Gasteiger partial charge in [-0.25, -0.2) is 0 Å². The van der Waals surface area contributed by atoms with Crippen LogP contribution in [-0.2, 0) is 29.0 Å². The second-order valence-electron chi connectivity index (χ2n) is 8.71. The standard InChI is InChI=1S/C29H34N2O2/c1-5-30-29(33)27(18-24-9-7-6-8-10-24)31(20-25-15-12-21(2)13-16-25)28(32)19-26-17-22(3)11-14-23(26)4/h6-17,27H,5,18-20H2,1-4H3,(H,30,33)/t27-/m0/s1. The molecule has 4 nitrogen and oxygen atoms in total. The van der Waals surface area contributed by atoms with Gasteiger partial charge in [-0.05, 0) is 49.9 Å². The second kappa shape index (κ2) is 11.5. The summed E-state index contributed by atoms with van der Waals surface area (Å²) >= 11 is 0. The fourth-order valence-electron chi connectivity index (χ4n) is 3.99. The molecule has 0 fully saturated rings. The number of carbonyl (C=O) groups is 2. The van der Waals surface area contributed by atoms with E-state index in [1.54, 1.807) is 4.90 Å². The first-order valence-electron chi connectivity index (χ1n) is 11.6. The SMILES string of the molecule is CCNC(=O)[C@H](Cc1ccccc1)N(Cc1ccc(C)cc1)C(=O)Cc1cc(C)ccc1C. The van der Waals surface area contributed by atoms with E-state index in [2.05, 4.69) is 17.4 Å². The average Bonchev–Trinajstić information content (AvgIpc) is 2.80. The molecule has 0 aromatic heterocycles. The Morgan fingerprint density at radius 2 is 1.52 bits per heavy atom. The van der Waals surface area contributed by atoms with Gasteiger partial charge in [-0.3, -0.25) is 9.59 Å². The summed E-state index contributed by atoms with van der Waals surface area (Å²) in [6.45, 7) is 8.91. The van der Waals surface area contributed by atoms with Crippen LogP contribution in [0.4, 0.5) is 0 Å². The minimum atomic E-state index is -0.591. The number of nitrogens with zero attached hydrogens (tertiary/aromatic N) is 1. The van der Waals surface area contributed by atoms with E-state index >= 15 is 0 Å². The van der Waals surface area contributed by atoms with Crippen molar-refractivity contribution in [3.8, 4) is 0 Å². The summed E-state index contributed by atoms with van der Waals surface area (Å²) in [5, 5.41) is 2.95. The molecule has 0 aliphatic carbocycles. The third kappa shape index (κ3) is 6.79. The highest BCUT2D eigenvalue weighted by molar-refractivity contribution is 5.89. The van der Waals surface area contributed by atoms with Crippen LogP contribution in [0.3, 0.4) is 0 Å². The lowest BCUT2D eigenvalue weighted by Crippen LogP contribution is -2.51. The van der Waals surface area contributed by atoms with Crippen LogP contribution >= 0.6 is 0 Å². The molecule has 172 valence electrons. The van der Waals surface area contributed by atoms with E-state index in [1.807, 2.05) is 88.4 Å². The Balaban J connectivity index is 1.97. The molecule has 0 aliphatic rings. The maximum Gasteiger partial charge on any atom is 0.243 e. The van der Waals surface area contributed by atoms with E-state index in [0.29, 0.717) is 19.5 Å². The number of carbonyl (C=O) groups excluding carboxylic acids is 2. The van der Waals surface area contributed by atoms with Gasteiger partial charge >= 0.3 is 0 Å². The van der Waals surface area contributed by atoms with Gasteiger partial charge in [-0.2, -0.15) is 0 Å². The quantitative estimate of drug-likeness (QED) is 0.511. The lowest BCUT2D eigenvalue weighted by Gasteiger charge is -2.32. The van der Waals surface area contributed by atoms with Crippen molar-refractivity contribution in [3.05, 3.63) is 106 Å². The van der Waals surface area contributed by atoms with Crippen LogP contribution in [0.1, 0.15) is 40.3 Å². The molecule has 0 saturated heterocycles. The zero-order valence-corrected chi connectivity index (χ0v) is 20.1. The van der Waals surface area contributed by atoms with E-state index in [4.69, 9.17) is 0 Å². The number of aryl methyl sites for hydroxylation is 3. The largest absolute Gasteiger partial charge is 0.355 e. The topological polar surface area (TPSA) is 49.4 Å². The normalized spacial score (nSPS) is 11.6. The monoisotopic (exact) mass is 442 g/mol. The van der Waals surface area contributed by atoms with Gasteiger partial charge < -0.3 is 10.2 Å². The second-order valence-corrected chi connectivity index (χ2v) is 8.71. The van der Waals surface area contributed by atoms with Crippen molar-refractivity contribution in [2.45, 2.75) is 53.1 Å². The van der Waals surface area contributed by atoms with Crippen LogP contribution in [0.2, 0.25) is 0 Å². The summed E-state index contributed by atoms with van der Waals surface area (Å²) < 4.78 is 0. The van der Waals surface area contributed by atoms with Gasteiger partial charge in [0.25, 0.3) is 0 Å². The number of likely N-dealkylation sites (N-methyl/N-ethyl adjacent to an activating group) is 1. The van der Waals surface area contributed by atoms with E-state index in [0.717, 1.165) is 33.4 Å². The number of benzene rings is 3. The first-order valence-corrected chi connectivity index (χ1v) is 11.6. The highest BCUT2D eigenvalue weighted by atomic mass is 16.2. The summed E-state index contributed by atoms with van der Waals surface area (Å²) in [6, 6.07) is 23.6. The maximum absolute atomic E-state index is 13.7. The molecular weight excluding hydrogens is 408 g/mol. The number of nitrogens with one attached hydrogen (secondary N) is 1. The Morgan fingerprint density at radius 3 is 2.18 bits per heavy atom. The summed E-state index contributed by atoms with van der Waals surface area (Å²) in [7, 11) is 0. The Hall–Kier alpha value is -3.40. The molecule has 1 atom stereocenters. The van der Waals surface area contributed by atoms with Gasteiger partial charge in [0.05, 0.1) is 6.42 Å². The minimum absolute atomic E-state index is 0.0449. The maximum atomic E-state index is 13.7. The van der Waals surface area contributed by atoms with E-state index in [-0.39, 0.29) is 18.2 Å². The molecule has 0 saturated carbocycles. The van der Waals surface area contributed by atoms with Crippen LogP contribution in [0.25, 0.3) is 0 Å². The number of rotatable bonds is 9. The molecular formula is C29H34N2O2. The van der Waals surface area contributed by atoms with Gasteiger partial charge in [-0.15, -0.1) is 0 Å². The number of amides is 2. The molecule has 0 spiro atoms. The van der Waals surface area contributed by atoms with Crippen LogP contribution in [0, 0.1) is 20.8 Å². The fraction of sp³-hybridized carbons (Fsp3) is 0.310. The van der Waals surface area contributed by atoms with Gasteiger partial charge in [0.2, 0.25) is 11.8 Å². The summed E-state index contributed by atoms with van der Waals surface area (Å²) in [4.78, 5) is 28.7. The minimum Gasteiger partial charge on any atom is -0.355 e. The summed E-state index contributed by atoms with van der Waals surface area (Å²) in [5.74, 6) is -0.167. The zero-order chi connectivity index (χ0) is 23.8. The third-order valence-corrected chi connectivity index (χ3v) is 5.94. The van der Waals surface area contributed by atoms with Crippen molar-refractivity contribution in [3.63, 3.8) is 0 Å². The highest BCUT2D eigenvalue weighted by Gasteiger charge is 2.30. The molecule has 33 heavy (non-hydrogen) atoms. The Kier molecular flexibility index (Phi) is 8.42. The molecule has 2 amide bonds. The Morgan fingerprint density at radius 1 is 0.848 bits per heavy atom. The lowest BCUT2D eigenvalue weighted by molar-refractivity contribution is -0.140. The molecule has 0 radical (unpaired) electrons. The molecule has 3 rings (SSSR count). The predicted molar refractivity (Wildman–Crippen MR) is 134 cm³/mol. The molecule has 0 aliphatic heterocycles. The van der Waals surface area contributed by atoms with Crippen molar-refractivity contribution in [2.75, 3.05) is 6.54 Å². The van der Waals surface area contributed by atoms with Crippen LogP contribution in [0.5, 0.6) is 0 Å². The molecule has 0 bridgehead atoms. The first-order chi connectivity index (χ1) is 15.9. The predicted octanol–water partition coefficient (Wildman–Crippen LogP) is 4.93. The van der Waals surface area contributed by atoms with Crippen LogP contribution in [0.15, 0.2) is 72.8 Å². The van der Waals surface area contributed by atoms with Gasteiger partial charge in [-0.1, -0.05) is 83.9 Å². The number of hydrogen-bond acceptors (Lipinski definition) is 2.